The van der Waals surface area contributed by atoms with Gasteiger partial charge in [0.05, 0.1) is 18.8 Å². The van der Waals surface area contributed by atoms with Gasteiger partial charge in [0, 0.05) is 12.6 Å². The van der Waals surface area contributed by atoms with Crippen LogP contribution in [0.5, 0.6) is 0 Å². The molecule has 92 valence electrons. The second-order valence-corrected chi connectivity index (χ2v) is 5.46. The first-order valence-corrected chi connectivity index (χ1v) is 6.26. The van der Waals surface area contributed by atoms with Gasteiger partial charge in [-0.2, -0.15) is 0 Å². The monoisotopic (exact) mass is 226 g/mol. The van der Waals surface area contributed by atoms with E-state index in [-0.39, 0.29) is 11.6 Å². The lowest BCUT2D eigenvalue weighted by molar-refractivity contribution is -0.0735. The quantitative estimate of drug-likeness (QED) is 0.740. The number of nitrogens with zero attached hydrogens (tertiary/aromatic N) is 1. The maximum Gasteiger partial charge on any atom is 0.317 e. The molecule has 1 saturated carbocycles. The average molecular weight is 226 g/mol. The molecule has 0 unspecified atom stereocenters. The topological polar surface area (TPSA) is 41.6 Å². The van der Waals surface area contributed by atoms with Crippen molar-refractivity contribution in [2.75, 3.05) is 19.7 Å². The lowest BCUT2D eigenvalue weighted by Gasteiger charge is -2.38. The summed E-state index contributed by atoms with van der Waals surface area (Å²) in [4.78, 5) is 13.9. The molecule has 2 rings (SSSR count). The third-order valence-corrected chi connectivity index (χ3v) is 3.40. The molecule has 0 aromatic rings. The van der Waals surface area contributed by atoms with Crippen LogP contribution in [0.3, 0.4) is 0 Å². The SMILES string of the molecule is CC1(C)CN(C(=O)NC2CCCC2)CCO1. The molecule has 1 heterocycles. The highest BCUT2D eigenvalue weighted by molar-refractivity contribution is 5.74. The van der Waals surface area contributed by atoms with Crippen LogP contribution in [-0.2, 0) is 4.74 Å². The Bertz CT molecular complexity index is 260. The number of carbonyl (C=O) groups excluding carboxylic acids is 1. The number of morpholine rings is 1. The normalized spacial score (nSPS) is 25.8. The predicted molar refractivity (Wildman–Crippen MR) is 62.4 cm³/mol. The molecule has 0 atom stereocenters. The fourth-order valence-corrected chi connectivity index (χ4v) is 2.53. The van der Waals surface area contributed by atoms with Crippen molar-refractivity contribution < 1.29 is 9.53 Å². The minimum Gasteiger partial charge on any atom is -0.372 e. The largest absolute Gasteiger partial charge is 0.372 e. The van der Waals surface area contributed by atoms with Gasteiger partial charge in [-0.3, -0.25) is 0 Å². The Labute approximate surface area is 97.3 Å². The molecule has 0 aromatic carbocycles. The summed E-state index contributed by atoms with van der Waals surface area (Å²) in [5.41, 5.74) is -0.203. The van der Waals surface area contributed by atoms with E-state index in [9.17, 15) is 4.79 Å². The fourth-order valence-electron chi connectivity index (χ4n) is 2.53. The zero-order valence-electron chi connectivity index (χ0n) is 10.3. The Morgan fingerprint density at radius 2 is 2.06 bits per heavy atom. The van der Waals surface area contributed by atoms with Crippen LogP contribution in [-0.4, -0.2) is 42.3 Å². The number of hydrogen-bond donors (Lipinski definition) is 1. The molecule has 16 heavy (non-hydrogen) atoms. The van der Waals surface area contributed by atoms with Crippen molar-refractivity contribution in [3.05, 3.63) is 0 Å². The summed E-state index contributed by atoms with van der Waals surface area (Å²) in [7, 11) is 0. The van der Waals surface area contributed by atoms with E-state index in [1.54, 1.807) is 0 Å². The van der Waals surface area contributed by atoms with Crippen LogP contribution in [0, 0.1) is 0 Å². The summed E-state index contributed by atoms with van der Waals surface area (Å²) in [5, 5.41) is 3.12. The van der Waals surface area contributed by atoms with Crippen LogP contribution in [0.25, 0.3) is 0 Å². The predicted octanol–water partition coefficient (Wildman–Crippen LogP) is 1.75. The number of urea groups is 1. The van der Waals surface area contributed by atoms with Crippen LogP contribution >= 0.6 is 0 Å². The Balaban J connectivity index is 1.84. The second-order valence-electron chi connectivity index (χ2n) is 5.46. The van der Waals surface area contributed by atoms with E-state index >= 15 is 0 Å². The molecule has 2 amide bonds. The molecule has 0 bridgehead atoms. The highest BCUT2D eigenvalue weighted by Gasteiger charge is 2.30. The number of hydrogen-bond acceptors (Lipinski definition) is 2. The summed E-state index contributed by atoms with van der Waals surface area (Å²) in [5.74, 6) is 0. The third-order valence-electron chi connectivity index (χ3n) is 3.40. The Kier molecular flexibility index (Phi) is 3.38. The van der Waals surface area contributed by atoms with E-state index in [0.717, 1.165) is 12.8 Å². The van der Waals surface area contributed by atoms with Gasteiger partial charge in [0.1, 0.15) is 0 Å². The summed E-state index contributed by atoms with van der Waals surface area (Å²) in [6.45, 7) is 6.10. The van der Waals surface area contributed by atoms with Gasteiger partial charge >= 0.3 is 6.03 Å². The Morgan fingerprint density at radius 3 is 2.69 bits per heavy atom. The van der Waals surface area contributed by atoms with Gasteiger partial charge in [0.15, 0.2) is 0 Å². The molecule has 2 fully saturated rings. The number of nitrogens with one attached hydrogen (secondary N) is 1. The lowest BCUT2D eigenvalue weighted by atomic mass is 10.1. The van der Waals surface area contributed by atoms with Crippen LogP contribution in [0.15, 0.2) is 0 Å². The van der Waals surface area contributed by atoms with Crippen molar-refractivity contribution in [2.24, 2.45) is 0 Å². The van der Waals surface area contributed by atoms with Crippen molar-refractivity contribution in [3.63, 3.8) is 0 Å². The number of rotatable bonds is 1. The van der Waals surface area contributed by atoms with Crippen LogP contribution in [0.1, 0.15) is 39.5 Å². The molecule has 1 aliphatic heterocycles. The van der Waals surface area contributed by atoms with Gasteiger partial charge in [-0.05, 0) is 26.7 Å². The number of carbonyl (C=O) groups is 1. The smallest absolute Gasteiger partial charge is 0.317 e. The molecule has 1 N–H and O–H groups in total. The number of amides is 2. The minimum atomic E-state index is -0.203. The van der Waals surface area contributed by atoms with Gasteiger partial charge in [-0.25, -0.2) is 4.79 Å². The standard InChI is InChI=1S/C12H22N2O2/c1-12(2)9-14(7-8-16-12)11(15)13-10-5-3-4-6-10/h10H,3-9H2,1-2H3,(H,13,15). The van der Waals surface area contributed by atoms with Crippen molar-refractivity contribution in [1.29, 1.82) is 0 Å². The summed E-state index contributed by atoms with van der Waals surface area (Å²) < 4.78 is 5.59. The van der Waals surface area contributed by atoms with Crippen LogP contribution in [0.4, 0.5) is 4.79 Å². The first-order valence-electron chi connectivity index (χ1n) is 6.26. The Hall–Kier alpha value is -0.770. The molecular weight excluding hydrogens is 204 g/mol. The van der Waals surface area contributed by atoms with E-state index < -0.39 is 0 Å². The zero-order chi connectivity index (χ0) is 11.6. The summed E-state index contributed by atoms with van der Waals surface area (Å²) in [6.07, 6.45) is 4.78. The van der Waals surface area contributed by atoms with Gasteiger partial charge in [0.2, 0.25) is 0 Å². The van der Waals surface area contributed by atoms with E-state index in [0.29, 0.717) is 25.7 Å². The average Bonchev–Trinajstić information content (AvgIpc) is 2.69. The van der Waals surface area contributed by atoms with Crippen LogP contribution in [0.2, 0.25) is 0 Å². The van der Waals surface area contributed by atoms with Gasteiger partial charge < -0.3 is 15.0 Å². The molecule has 1 saturated heterocycles. The van der Waals surface area contributed by atoms with Crippen molar-refractivity contribution >= 4 is 6.03 Å². The van der Waals surface area contributed by atoms with Crippen molar-refractivity contribution in [3.8, 4) is 0 Å². The molecule has 0 spiro atoms. The molecule has 0 radical (unpaired) electrons. The maximum absolute atomic E-state index is 12.0. The third kappa shape index (κ3) is 2.88. The lowest BCUT2D eigenvalue weighted by Crippen LogP contribution is -2.54. The van der Waals surface area contributed by atoms with Gasteiger partial charge in [-0.1, -0.05) is 12.8 Å². The maximum atomic E-state index is 12.0. The molecule has 2 aliphatic rings. The number of ether oxygens (including phenoxy) is 1. The Morgan fingerprint density at radius 1 is 1.38 bits per heavy atom. The van der Waals surface area contributed by atoms with Gasteiger partial charge in [-0.15, -0.1) is 0 Å². The molecule has 1 aliphatic carbocycles. The first kappa shape index (κ1) is 11.7. The first-order chi connectivity index (χ1) is 7.57. The molecular formula is C12H22N2O2. The van der Waals surface area contributed by atoms with Gasteiger partial charge in [0.25, 0.3) is 0 Å². The van der Waals surface area contributed by atoms with E-state index in [2.05, 4.69) is 5.32 Å². The summed E-state index contributed by atoms with van der Waals surface area (Å²) >= 11 is 0. The summed E-state index contributed by atoms with van der Waals surface area (Å²) in [6, 6.07) is 0.488. The van der Waals surface area contributed by atoms with Crippen molar-refractivity contribution in [2.45, 2.75) is 51.2 Å². The fraction of sp³-hybridized carbons (Fsp3) is 0.917. The van der Waals surface area contributed by atoms with E-state index in [1.807, 2.05) is 18.7 Å². The van der Waals surface area contributed by atoms with E-state index in [1.165, 1.54) is 12.8 Å². The van der Waals surface area contributed by atoms with Crippen LogP contribution < -0.4 is 5.32 Å². The zero-order valence-corrected chi connectivity index (χ0v) is 10.3. The highest BCUT2D eigenvalue weighted by atomic mass is 16.5. The van der Waals surface area contributed by atoms with E-state index in [4.69, 9.17) is 4.74 Å². The minimum absolute atomic E-state index is 0.0864. The van der Waals surface area contributed by atoms with Crippen molar-refractivity contribution in [1.82, 2.24) is 10.2 Å². The molecule has 4 heteroatoms. The molecule has 0 aromatic heterocycles. The second kappa shape index (κ2) is 4.62. The molecule has 4 nitrogen and oxygen atoms in total. The highest BCUT2D eigenvalue weighted by Crippen LogP contribution is 2.19.